The number of rotatable bonds is 7. The van der Waals surface area contributed by atoms with Crippen molar-refractivity contribution in [2.75, 3.05) is 13.2 Å². The van der Waals surface area contributed by atoms with Gasteiger partial charge in [0.2, 0.25) is 0 Å². The lowest BCUT2D eigenvalue weighted by Crippen LogP contribution is -2.36. The third-order valence-electron chi connectivity index (χ3n) is 2.60. The summed E-state index contributed by atoms with van der Waals surface area (Å²) in [5.41, 5.74) is 5.79. The molecular weight excluding hydrogens is 288 g/mol. The zero-order chi connectivity index (χ0) is 12.0. The van der Waals surface area contributed by atoms with Gasteiger partial charge in [-0.15, -0.1) is 11.3 Å². The first-order valence-electron chi connectivity index (χ1n) is 5.52. The summed E-state index contributed by atoms with van der Waals surface area (Å²) in [6.07, 6.45) is 1.77. The largest absolute Gasteiger partial charge is 0.396 e. The predicted molar refractivity (Wildman–Crippen MR) is 72.7 cm³/mol. The van der Waals surface area contributed by atoms with Crippen molar-refractivity contribution in [2.24, 2.45) is 5.73 Å². The molecule has 1 rings (SSSR count). The number of hydrogen-bond donors (Lipinski definition) is 3. The van der Waals surface area contributed by atoms with E-state index in [9.17, 15) is 0 Å². The minimum atomic E-state index is 0.172. The van der Waals surface area contributed by atoms with Gasteiger partial charge in [0.1, 0.15) is 0 Å². The Bertz CT molecular complexity index is 306. The van der Waals surface area contributed by atoms with E-state index >= 15 is 0 Å². The van der Waals surface area contributed by atoms with E-state index in [4.69, 9.17) is 10.8 Å². The predicted octanol–water partition coefficient (Wildman–Crippen LogP) is 2.26. The topological polar surface area (TPSA) is 58.3 Å². The summed E-state index contributed by atoms with van der Waals surface area (Å²) in [6, 6.07) is 2.54. The summed E-state index contributed by atoms with van der Waals surface area (Å²) in [7, 11) is 0. The molecule has 4 N–H and O–H groups in total. The molecule has 0 aromatic carbocycles. The number of halogens is 1. The molecule has 1 aromatic rings. The Morgan fingerprint density at radius 3 is 2.81 bits per heavy atom. The molecule has 5 heteroatoms. The van der Waals surface area contributed by atoms with Crippen molar-refractivity contribution in [2.45, 2.75) is 31.8 Å². The van der Waals surface area contributed by atoms with Crippen LogP contribution in [0.4, 0.5) is 0 Å². The normalized spacial score (nSPS) is 15.0. The minimum Gasteiger partial charge on any atom is -0.396 e. The quantitative estimate of drug-likeness (QED) is 0.724. The van der Waals surface area contributed by atoms with Gasteiger partial charge in [0.15, 0.2) is 0 Å². The van der Waals surface area contributed by atoms with Gasteiger partial charge in [-0.25, -0.2) is 0 Å². The van der Waals surface area contributed by atoms with Gasteiger partial charge >= 0.3 is 0 Å². The fourth-order valence-corrected chi connectivity index (χ4v) is 3.37. The number of nitrogens with one attached hydrogen (secondary N) is 1. The first-order valence-corrected chi connectivity index (χ1v) is 7.20. The molecule has 92 valence electrons. The lowest BCUT2D eigenvalue weighted by molar-refractivity contribution is 0.256. The average Bonchev–Trinajstić information content (AvgIpc) is 2.71. The Morgan fingerprint density at radius 2 is 2.38 bits per heavy atom. The summed E-state index contributed by atoms with van der Waals surface area (Å²) < 4.78 is 1.11. The number of aliphatic hydroxyl groups excluding tert-OH is 1. The lowest BCUT2D eigenvalue weighted by atomic mass is 10.1. The molecule has 2 unspecified atom stereocenters. The van der Waals surface area contributed by atoms with Crippen LogP contribution in [0.5, 0.6) is 0 Å². The molecule has 0 fully saturated rings. The van der Waals surface area contributed by atoms with Crippen LogP contribution >= 0.6 is 27.3 Å². The van der Waals surface area contributed by atoms with Gasteiger partial charge in [-0.05, 0) is 40.2 Å². The third kappa shape index (κ3) is 3.82. The van der Waals surface area contributed by atoms with Crippen molar-refractivity contribution in [1.29, 1.82) is 0 Å². The standard InChI is InChI=1S/C11H19BrN2OS/c1-2-8(3-5-15)14-10(7-13)11-9(12)4-6-16-11/h4,6,8,10,14-15H,2-3,5,7,13H2,1H3. The maximum atomic E-state index is 8.96. The van der Waals surface area contributed by atoms with Crippen molar-refractivity contribution in [3.63, 3.8) is 0 Å². The Morgan fingerprint density at radius 1 is 1.62 bits per heavy atom. The SMILES string of the molecule is CCC(CCO)NC(CN)c1sccc1Br. The van der Waals surface area contributed by atoms with E-state index in [0.717, 1.165) is 17.3 Å². The van der Waals surface area contributed by atoms with Crippen molar-refractivity contribution < 1.29 is 5.11 Å². The Kier molecular flexibility index (Phi) is 6.53. The molecule has 0 aliphatic carbocycles. The van der Waals surface area contributed by atoms with E-state index in [1.54, 1.807) is 11.3 Å². The zero-order valence-corrected chi connectivity index (χ0v) is 11.9. The number of hydrogen-bond acceptors (Lipinski definition) is 4. The van der Waals surface area contributed by atoms with Gasteiger partial charge in [-0.3, -0.25) is 0 Å². The second-order valence-corrected chi connectivity index (χ2v) is 5.51. The Balaban J connectivity index is 2.64. The van der Waals surface area contributed by atoms with Crippen molar-refractivity contribution in [1.82, 2.24) is 5.32 Å². The van der Waals surface area contributed by atoms with Gasteiger partial charge in [-0.2, -0.15) is 0 Å². The molecule has 0 spiro atoms. The van der Waals surface area contributed by atoms with Crippen LogP contribution in [0.2, 0.25) is 0 Å². The van der Waals surface area contributed by atoms with Crippen molar-refractivity contribution in [3.8, 4) is 0 Å². The maximum Gasteiger partial charge on any atom is 0.0552 e. The molecule has 0 saturated carbocycles. The molecule has 0 saturated heterocycles. The first-order chi connectivity index (χ1) is 7.72. The number of thiophene rings is 1. The summed E-state index contributed by atoms with van der Waals surface area (Å²) in [5, 5.41) is 14.5. The highest BCUT2D eigenvalue weighted by atomic mass is 79.9. The maximum absolute atomic E-state index is 8.96. The molecule has 1 heterocycles. The molecule has 0 aliphatic heterocycles. The van der Waals surface area contributed by atoms with Gasteiger partial charge in [0.05, 0.1) is 6.04 Å². The summed E-state index contributed by atoms with van der Waals surface area (Å²) >= 11 is 5.22. The molecule has 0 aliphatic rings. The molecule has 0 radical (unpaired) electrons. The Hall–Kier alpha value is 0.0600. The van der Waals surface area contributed by atoms with Crippen molar-refractivity contribution in [3.05, 3.63) is 20.8 Å². The van der Waals surface area contributed by atoms with E-state index < -0.39 is 0 Å². The van der Waals surface area contributed by atoms with E-state index in [1.807, 2.05) is 6.07 Å². The van der Waals surface area contributed by atoms with Crippen LogP contribution in [-0.2, 0) is 0 Å². The van der Waals surface area contributed by atoms with Crippen molar-refractivity contribution >= 4 is 27.3 Å². The van der Waals surface area contributed by atoms with Crippen LogP contribution < -0.4 is 11.1 Å². The van der Waals surface area contributed by atoms with Crippen LogP contribution in [0.25, 0.3) is 0 Å². The number of nitrogens with two attached hydrogens (primary N) is 1. The van der Waals surface area contributed by atoms with Gasteiger partial charge in [0.25, 0.3) is 0 Å². The van der Waals surface area contributed by atoms with Crippen LogP contribution in [0.15, 0.2) is 15.9 Å². The first kappa shape index (κ1) is 14.1. The molecule has 1 aromatic heterocycles. The fraction of sp³-hybridized carbons (Fsp3) is 0.636. The summed E-state index contributed by atoms with van der Waals surface area (Å²) in [4.78, 5) is 1.24. The summed E-state index contributed by atoms with van der Waals surface area (Å²) in [5.74, 6) is 0. The molecule has 3 nitrogen and oxygen atoms in total. The van der Waals surface area contributed by atoms with E-state index in [-0.39, 0.29) is 12.6 Å². The molecule has 16 heavy (non-hydrogen) atoms. The molecule has 2 atom stereocenters. The minimum absolute atomic E-state index is 0.172. The molecular formula is C11H19BrN2OS. The summed E-state index contributed by atoms with van der Waals surface area (Å²) in [6.45, 7) is 2.90. The second-order valence-electron chi connectivity index (χ2n) is 3.71. The van der Waals surface area contributed by atoms with E-state index in [2.05, 4.69) is 33.6 Å². The average molecular weight is 307 g/mol. The monoisotopic (exact) mass is 306 g/mol. The van der Waals surface area contributed by atoms with Crippen LogP contribution in [0, 0.1) is 0 Å². The highest BCUT2D eigenvalue weighted by Crippen LogP contribution is 2.29. The van der Waals surface area contributed by atoms with Crippen LogP contribution in [0.3, 0.4) is 0 Å². The van der Waals surface area contributed by atoms with E-state index in [1.165, 1.54) is 4.88 Å². The second kappa shape index (κ2) is 7.40. The smallest absolute Gasteiger partial charge is 0.0552 e. The molecule has 0 bridgehead atoms. The Labute approximate surface area is 109 Å². The van der Waals surface area contributed by atoms with Crippen LogP contribution in [0.1, 0.15) is 30.7 Å². The van der Waals surface area contributed by atoms with Gasteiger partial charge < -0.3 is 16.2 Å². The van der Waals surface area contributed by atoms with E-state index in [0.29, 0.717) is 12.6 Å². The van der Waals surface area contributed by atoms with Crippen LogP contribution in [-0.4, -0.2) is 24.3 Å². The zero-order valence-electron chi connectivity index (χ0n) is 9.45. The highest BCUT2D eigenvalue weighted by molar-refractivity contribution is 9.10. The third-order valence-corrected chi connectivity index (χ3v) is 4.59. The lowest BCUT2D eigenvalue weighted by Gasteiger charge is -2.23. The van der Waals surface area contributed by atoms with Gasteiger partial charge in [0, 0.05) is 28.5 Å². The fourth-order valence-electron chi connectivity index (χ4n) is 1.65. The van der Waals surface area contributed by atoms with Gasteiger partial charge in [-0.1, -0.05) is 6.92 Å². The highest BCUT2D eigenvalue weighted by Gasteiger charge is 2.17. The molecule has 0 amide bonds. The number of aliphatic hydroxyl groups is 1.